The summed E-state index contributed by atoms with van der Waals surface area (Å²) >= 11 is 2.51. The van der Waals surface area contributed by atoms with E-state index >= 15 is 0 Å². The minimum atomic E-state index is 0.0888. The Kier molecular flexibility index (Phi) is 10.9. The number of pyridine rings is 2. The Morgan fingerprint density at radius 3 is 2.04 bits per heavy atom. The molecule has 336 valence electrons. The van der Waals surface area contributed by atoms with Gasteiger partial charge in [0.25, 0.3) is 0 Å². The van der Waals surface area contributed by atoms with Crippen molar-refractivity contribution in [2.45, 2.75) is 85.5 Å². The second-order valence-electron chi connectivity index (χ2n) is 19.8. The number of rotatable bonds is 7. The molecule has 67 heavy (non-hydrogen) atoms. The van der Waals surface area contributed by atoms with E-state index < -0.39 is 0 Å². The first kappa shape index (κ1) is 43.0. The summed E-state index contributed by atoms with van der Waals surface area (Å²) in [5, 5.41) is 2.33. The van der Waals surface area contributed by atoms with E-state index in [4.69, 9.17) is 9.72 Å². The number of fused-ring (bicyclic) bond motifs is 3. The number of aryl methyl sites for hydroxylation is 4. The van der Waals surface area contributed by atoms with Crippen LogP contribution in [0.25, 0.3) is 61.1 Å². The van der Waals surface area contributed by atoms with Crippen LogP contribution in [0.4, 0.5) is 0 Å². The van der Waals surface area contributed by atoms with Gasteiger partial charge in [0.1, 0.15) is 0 Å². The Morgan fingerprint density at radius 2 is 1.30 bits per heavy atom. The van der Waals surface area contributed by atoms with Crippen molar-refractivity contribution in [3.63, 3.8) is 0 Å². The summed E-state index contributed by atoms with van der Waals surface area (Å²) in [6, 6.07) is 53.2. The summed E-state index contributed by atoms with van der Waals surface area (Å²) in [4.78, 5) is 5.25. The zero-order chi connectivity index (χ0) is 46.1. The summed E-state index contributed by atoms with van der Waals surface area (Å²) < 4.78 is 15.1. The van der Waals surface area contributed by atoms with E-state index in [1.54, 1.807) is 0 Å². The number of aromatic nitrogens is 4. The van der Waals surface area contributed by atoms with Crippen LogP contribution in [-0.2, 0) is 50.5 Å². The fourth-order valence-corrected chi connectivity index (χ4v) is 11.3. The van der Waals surface area contributed by atoms with Crippen molar-refractivity contribution in [1.29, 1.82) is 0 Å². The molecule has 4 aromatic heterocycles. The van der Waals surface area contributed by atoms with Crippen molar-refractivity contribution in [2.75, 3.05) is 0 Å². The van der Waals surface area contributed by atoms with Crippen LogP contribution in [0.3, 0.4) is 0 Å². The number of imidazole rings is 1. The van der Waals surface area contributed by atoms with Crippen molar-refractivity contribution < 1.29 is 24.1 Å². The molecule has 0 unspecified atom stereocenters. The van der Waals surface area contributed by atoms with Gasteiger partial charge in [-0.1, -0.05) is 95.3 Å². The molecule has 0 fully saturated rings. The van der Waals surface area contributed by atoms with Crippen molar-refractivity contribution in [1.82, 2.24) is 18.5 Å². The van der Waals surface area contributed by atoms with E-state index in [0.29, 0.717) is 0 Å². The molecule has 4 bridgehead atoms. The van der Waals surface area contributed by atoms with Gasteiger partial charge in [-0.15, -0.1) is 0 Å². The van der Waals surface area contributed by atoms with Gasteiger partial charge < -0.3 is 0 Å². The van der Waals surface area contributed by atoms with E-state index in [9.17, 15) is 0 Å². The standard InChI is InChI=1S/C61H56N4O.Pt/c1-39(2)54-35-60(62-36-56(54)45-20-25-48(26-21-45)61(5,6)7)65-57-31-24-47(44-12-9-8-10-13-44)32-55(57)53-30-29-52(34-58(53)65)66-51-15-11-14-50(33-51)63-37-59-46-19-18-42-16-17-43(41(4)40(42)3)22-27-49(28-23-46)64(59)38-63;/h8-17,20-21,23-26,28-37,39H,18-19,22,27H2,1-7H3;. The number of benzene rings is 6. The quantitative estimate of drug-likeness (QED) is 0.159. The van der Waals surface area contributed by atoms with Crippen molar-refractivity contribution in [3.8, 4) is 45.3 Å². The van der Waals surface area contributed by atoms with Crippen LogP contribution in [0, 0.1) is 17.7 Å². The maximum absolute atomic E-state index is 6.85. The molecule has 6 aromatic carbocycles. The molecule has 0 N–H and O–H groups in total. The first-order chi connectivity index (χ1) is 32.4. The van der Waals surface area contributed by atoms with E-state index in [0.717, 1.165) is 68.9 Å². The summed E-state index contributed by atoms with van der Waals surface area (Å²) in [5.41, 5.74) is 20.4. The Hall–Kier alpha value is -6.55. The predicted molar refractivity (Wildman–Crippen MR) is 273 cm³/mol. The second kappa shape index (κ2) is 17.0. The Bertz CT molecular complexity index is 3600. The molecule has 0 amide bonds. The maximum atomic E-state index is 6.85. The van der Waals surface area contributed by atoms with Gasteiger partial charge in [0.15, 0.2) is 0 Å². The van der Waals surface area contributed by atoms with Crippen molar-refractivity contribution >= 4 is 27.3 Å². The molecule has 2 aliphatic heterocycles. The van der Waals surface area contributed by atoms with Crippen LogP contribution in [0.1, 0.15) is 85.2 Å². The third-order valence-electron chi connectivity index (χ3n) is 14.3. The average molecular weight is 1060 g/mol. The molecular formula is C61H56N4OPt. The molecule has 4 aliphatic rings. The summed E-state index contributed by atoms with van der Waals surface area (Å²) in [6.45, 7) is 15.9. The van der Waals surface area contributed by atoms with Crippen LogP contribution in [0.15, 0.2) is 158 Å². The molecule has 0 saturated heterocycles. The third kappa shape index (κ3) is 7.81. The predicted octanol–water partition coefficient (Wildman–Crippen LogP) is 15.3. The first-order valence-corrected chi connectivity index (χ1v) is 24.8. The molecule has 2 aliphatic carbocycles. The summed E-state index contributed by atoms with van der Waals surface area (Å²) in [7, 11) is 0. The van der Waals surface area contributed by atoms with Gasteiger partial charge >= 0.3 is 261 Å². The van der Waals surface area contributed by atoms with Crippen LogP contribution >= 0.6 is 0 Å². The normalized spacial score (nSPS) is 13.0. The SMILES string of the molecule is Cc1c2ccc(c1C)CCc1ccc(c3cn(-c4cccc(Oc5ccc6c7cc(-c8ccccc8)ccc7n(-c7cc(C(C)C)c(-c8ccc(C(C)(C)C)cc8)cn7)c6c5)c4)[c](=[Pt])n13)CC2. The van der Waals surface area contributed by atoms with Crippen molar-refractivity contribution in [2.24, 2.45) is 0 Å². The molecule has 0 radical (unpaired) electrons. The zero-order valence-electron chi connectivity index (χ0n) is 39.4. The monoisotopic (exact) mass is 1060 g/mol. The number of hydrogen-bond acceptors (Lipinski definition) is 2. The molecule has 6 heterocycles. The molecular weight excluding hydrogens is 1000 g/mol. The van der Waals surface area contributed by atoms with Gasteiger partial charge in [-0.05, 0) is 39.2 Å². The van der Waals surface area contributed by atoms with Crippen LogP contribution in [0.5, 0.6) is 11.5 Å². The van der Waals surface area contributed by atoms with Crippen LogP contribution < -0.4 is 4.74 Å². The first-order valence-electron chi connectivity index (χ1n) is 23.7. The molecule has 0 spiro atoms. The third-order valence-corrected chi connectivity index (χ3v) is 15.3. The Balaban J connectivity index is 0.991. The van der Waals surface area contributed by atoms with Gasteiger partial charge in [-0.25, -0.2) is 0 Å². The number of hydrogen-bond donors (Lipinski definition) is 0. The molecule has 14 rings (SSSR count). The van der Waals surface area contributed by atoms with Gasteiger partial charge in [0.05, 0.1) is 0 Å². The Labute approximate surface area is 404 Å². The topological polar surface area (TPSA) is 36.4 Å². The molecule has 5 nitrogen and oxygen atoms in total. The van der Waals surface area contributed by atoms with Gasteiger partial charge in [0, 0.05) is 11.8 Å². The van der Waals surface area contributed by atoms with E-state index in [1.807, 2.05) is 0 Å². The summed E-state index contributed by atoms with van der Waals surface area (Å²) in [5.74, 6) is 2.73. The molecule has 0 saturated carbocycles. The fraction of sp³-hybridized carbons (Fsp3) is 0.213. The molecule has 6 heteroatoms. The number of nitrogens with zero attached hydrogens (tertiary/aromatic N) is 4. The zero-order valence-corrected chi connectivity index (χ0v) is 41.7. The van der Waals surface area contributed by atoms with Gasteiger partial charge in [-0.2, -0.15) is 0 Å². The van der Waals surface area contributed by atoms with Crippen molar-refractivity contribution in [3.05, 3.63) is 206 Å². The second-order valence-corrected chi connectivity index (χ2v) is 20.8. The van der Waals surface area contributed by atoms with E-state index in [1.165, 1.54) is 77.8 Å². The van der Waals surface area contributed by atoms with Gasteiger partial charge in [0.2, 0.25) is 0 Å². The van der Waals surface area contributed by atoms with Gasteiger partial charge in [-0.3, -0.25) is 0 Å². The van der Waals surface area contributed by atoms with E-state index in [-0.39, 0.29) is 11.3 Å². The summed E-state index contributed by atoms with van der Waals surface area (Å²) in [6.07, 6.45) is 8.40. The van der Waals surface area contributed by atoms with E-state index in [2.05, 4.69) is 239 Å². The molecule has 10 aromatic rings. The number of ether oxygens (including phenoxy) is 1. The van der Waals surface area contributed by atoms with Crippen LogP contribution in [-0.4, -0.2) is 18.5 Å². The Morgan fingerprint density at radius 1 is 0.597 bits per heavy atom. The molecule has 0 atom stereocenters. The minimum absolute atomic E-state index is 0.0888. The average Bonchev–Trinajstić information content (AvgIpc) is 3.85. The van der Waals surface area contributed by atoms with Crippen LogP contribution in [0.2, 0.25) is 0 Å². The fourth-order valence-electron chi connectivity index (χ4n) is 10.3.